The van der Waals surface area contributed by atoms with Gasteiger partial charge in [0.25, 0.3) is 5.91 Å². The number of rotatable bonds is 4. The summed E-state index contributed by atoms with van der Waals surface area (Å²) in [6, 6.07) is 5.91. The second-order valence-electron chi connectivity index (χ2n) is 6.88. The van der Waals surface area contributed by atoms with Gasteiger partial charge in [-0.3, -0.25) is 4.79 Å². The van der Waals surface area contributed by atoms with E-state index in [4.69, 9.17) is 4.74 Å². The van der Waals surface area contributed by atoms with Crippen LogP contribution in [0.5, 0.6) is 5.75 Å². The highest BCUT2D eigenvalue weighted by Crippen LogP contribution is 2.30. The number of alkyl halides is 3. The number of anilines is 1. The zero-order chi connectivity index (χ0) is 21.2. The predicted octanol–water partition coefficient (Wildman–Crippen LogP) is 4.35. The maximum absolute atomic E-state index is 14.0. The molecule has 29 heavy (non-hydrogen) atoms. The topological polar surface area (TPSA) is 54.5 Å². The number of amides is 1. The average Bonchev–Trinajstić information content (AvgIpc) is 2.68. The molecule has 5 nitrogen and oxygen atoms in total. The summed E-state index contributed by atoms with van der Waals surface area (Å²) in [6.07, 6.45) is -2.27. The fourth-order valence-electron chi connectivity index (χ4n) is 3.50. The summed E-state index contributed by atoms with van der Waals surface area (Å²) in [6.45, 7) is 2.32. The molecule has 2 atom stereocenters. The van der Waals surface area contributed by atoms with E-state index < -0.39 is 17.6 Å². The third kappa shape index (κ3) is 4.44. The summed E-state index contributed by atoms with van der Waals surface area (Å²) in [5.74, 6) is -0.788. The summed E-state index contributed by atoms with van der Waals surface area (Å²) in [7, 11) is 1.30. The Morgan fingerprint density at radius 1 is 1.28 bits per heavy atom. The van der Waals surface area contributed by atoms with Crippen LogP contribution in [0.25, 0.3) is 0 Å². The van der Waals surface area contributed by atoms with Gasteiger partial charge in [-0.15, -0.1) is 0 Å². The number of carbonyl (C=O) groups excluding carboxylic acids is 1. The first kappa shape index (κ1) is 20.9. The van der Waals surface area contributed by atoms with Gasteiger partial charge in [0.1, 0.15) is 5.82 Å². The van der Waals surface area contributed by atoms with Crippen LogP contribution in [0.1, 0.15) is 35.7 Å². The molecule has 9 heteroatoms. The van der Waals surface area contributed by atoms with Crippen LogP contribution in [-0.2, 0) is 6.18 Å². The van der Waals surface area contributed by atoms with Gasteiger partial charge >= 0.3 is 6.18 Å². The normalized spacial score (nSPS) is 19.7. The third-order valence-electron chi connectivity index (χ3n) is 5.07. The number of aromatic nitrogens is 1. The summed E-state index contributed by atoms with van der Waals surface area (Å²) in [5, 5.41) is 3.11. The molecular formula is C20H21F4N3O2. The first-order valence-electron chi connectivity index (χ1n) is 9.15. The van der Waals surface area contributed by atoms with Gasteiger partial charge in [0.15, 0.2) is 11.6 Å². The molecule has 1 aliphatic heterocycles. The Morgan fingerprint density at radius 3 is 2.66 bits per heavy atom. The predicted molar refractivity (Wildman–Crippen MR) is 99.3 cm³/mol. The van der Waals surface area contributed by atoms with E-state index in [2.05, 4.69) is 10.3 Å². The molecule has 3 rings (SSSR count). The fraction of sp³-hybridized carbons (Fsp3) is 0.400. The number of hydrogen-bond acceptors (Lipinski definition) is 4. The number of halogens is 4. The first-order valence-corrected chi connectivity index (χ1v) is 9.15. The summed E-state index contributed by atoms with van der Waals surface area (Å²) in [5.41, 5.74) is -0.692. The smallest absolute Gasteiger partial charge is 0.417 e. The van der Waals surface area contributed by atoms with Gasteiger partial charge in [0.2, 0.25) is 0 Å². The van der Waals surface area contributed by atoms with Crippen LogP contribution in [0.2, 0.25) is 0 Å². The minimum Gasteiger partial charge on any atom is -0.493 e. The van der Waals surface area contributed by atoms with E-state index >= 15 is 0 Å². The van der Waals surface area contributed by atoms with Crippen molar-refractivity contribution >= 4 is 11.7 Å². The highest BCUT2D eigenvalue weighted by molar-refractivity contribution is 5.97. The van der Waals surface area contributed by atoms with Gasteiger partial charge in [0.05, 0.1) is 18.2 Å². The Bertz CT molecular complexity index is 871. The number of benzene rings is 1. The molecule has 1 saturated heterocycles. The lowest BCUT2D eigenvalue weighted by Gasteiger charge is -2.40. The van der Waals surface area contributed by atoms with E-state index in [1.807, 2.05) is 6.92 Å². The molecule has 0 bridgehead atoms. The number of nitrogens with one attached hydrogen (secondary N) is 1. The number of carbonyl (C=O) groups is 1. The lowest BCUT2D eigenvalue weighted by Crippen LogP contribution is -2.52. The molecule has 2 unspecified atom stereocenters. The summed E-state index contributed by atoms with van der Waals surface area (Å²) in [4.78, 5) is 18.5. The maximum Gasteiger partial charge on any atom is 0.417 e. The largest absolute Gasteiger partial charge is 0.493 e. The second kappa shape index (κ2) is 8.26. The number of nitrogens with zero attached hydrogens (tertiary/aromatic N) is 2. The monoisotopic (exact) mass is 411 g/mol. The fourth-order valence-corrected chi connectivity index (χ4v) is 3.50. The molecule has 0 aliphatic carbocycles. The van der Waals surface area contributed by atoms with Gasteiger partial charge in [0, 0.05) is 24.8 Å². The lowest BCUT2D eigenvalue weighted by atomic mass is 9.96. The molecule has 156 valence electrons. The number of ether oxygens (including phenoxy) is 1. The van der Waals surface area contributed by atoms with Crippen LogP contribution < -0.4 is 10.1 Å². The molecule has 1 aromatic heterocycles. The number of para-hydroxylation sites is 1. The Morgan fingerprint density at radius 2 is 2.03 bits per heavy atom. The number of piperidine rings is 1. The van der Waals surface area contributed by atoms with Crippen molar-refractivity contribution < 1.29 is 27.1 Å². The van der Waals surface area contributed by atoms with E-state index in [1.54, 1.807) is 4.90 Å². The summed E-state index contributed by atoms with van der Waals surface area (Å²) < 4.78 is 57.1. The van der Waals surface area contributed by atoms with Crippen LogP contribution in [0.4, 0.5) is 23.4 Å². The Hall–Kier alpha value is -2.84. The van der Waals surface area contributed by atoms with Crippen LogP contribution in [0.15, 0.2) is 36.5 Å². The van der Waals surface area contributed by atoms with Gasteiger partial charge in [-0.2, -0.15) is 13.2 Å². The van der Waals surface area contributed by atoms with Crippen molar-refractivity contribution in [3.63, 3.8) is 0 Å². The van der Waals surface area contributed by atoms with Crippen molar-refractivity contribution in [3.05, 3.63) is 53.5 Å². The molecule has 0 spiro atoms. The molecule has 1 N–H and O–H groups in total. The zero-order valence-corrected chi connectivity index (χ0v) is 16.0. The van der Waals surface area contributed by atoms with E-state index in [-0.39, 0.29) is 29.3 Å². The Kier molecular flexibility index (Phi) is 5.95. The van der Waals surface area contributed by atoms with Crippen molar-refractivity contribution in [2.45, 2.75) is 38.0 Å². The van der Waals surface area contributed by atoms with Crippen molar-refractivity contribution in [1.82, 2.24) is 9.88 Å². The van der Waals surface area contributed by atoms with Gasteiger partial charge in [-0.1, -0.05) is 6.07 Å². The lowest BCUT2D eigenvalue weighted by molar-refractivity contribution is -0.137. The molecule has 0 radical (unpaired) electrons. The number of pyridine rings is 1. The van der Waals surface area contributed by atoms with E-state index in [0.717, 1.165) is 12.3 Å². The Balaban J connectivity index is 1.76. The van der Waals surface area contributed by atoms with Gasteiger partial charge in [-0.05, 0) is 44.0 Å². The average molecular weight is 411 g/mol. The zero-order valence-electron chi connectivity index (χ0n) is 16.0. The molecular weight excluding hydrogens is 390 g/mol. The first-order chi connectivity index (χ1) is 13.7. The van der Waals surface area contributed by atoms with Crippen LogP contribution >= 0.6 is 0 Å². The van der Waals surface area contributed by atoms with Gasteiger partial charge in [-0.25, -0.2) is 9.37 Å². The second-order valence-corrected chi connectivity index (χ2v) is 6.88. The minimum absolute atomic E-state index is 0.107. The SMILES string of the molecule is COc1c(F)cccc1C(=O)N1CCCC(Nc2ccc(C(F)(F)F)cn2)C1C. The quantitative estimate of drug-likeness (QED) is 0.760. The van der Waals surface area contributed by atoms with E-state index in [0.29, 0.717) is 25.2 Å². The maximum atomic E-state index is 14.0. The molecule has 1 fully saturated rings. The van der Waals surface area contributed by atoms with Crippen LogP contribution in [0, 0.1) is 5.82 Å². The molecule has 2 heterocycles. The van der Waals surface area contributed by atoms with Crippen molar-refractivity contribution in [2.24, 2.45) is 0 Å². The van der Waals surface area contributed by atoms with Crippen LogP contribution in [0.3, 0.4) is 0 Å². The Labute approximate surface area is 165 Å². The highest BCUT2D eigenvalue weighted by Gasteiger charge is 2.34. The highest BCUT2D eigenvalue weighted by atomic mass is 19.4. The molecule has 1 amide bonds. The number of methoxy groups -OCH3 is 1. The molecule has 1 aromatic carbocycles. The van der Waals surface area contributed by atoms with Crippen molar-refractivity contribution in [3.8, 4) is 5.75 Å². The van der Waals surface area contributed by atoms with E-state index in [9.17, 15) is 22.4 Å². The standard InChI is InChI=1S/C20H21F4N3O2/c1-12-16(26-17-9-8-13(11-25-17)20(22,23)24)7-4-10-27(12)19(28)14-5-3-6-15(21)18(14)29-2/h3,5-6,8-9,11-12,16H,4,7,10H2,1-2H3,(H,25,26). The number of likely N-dealkylation sites (tertiary alicyclic amines) is 1. The van der Waals surface area contributed by atoms with E-state index in [1.165, 1.54) is 31.4 Å². The molecule has 2 aromatic rings. The van der Waals surface area contributed by atoms with Gasteiger partial charge < -0.3 is 15.0 Å². The molecule has 0 saturated carbocycles. The minimum atomic E-state index is -4.45. The third-order valence-corrected chi connectivity index (χ3v) is 5.07. The number of hydrogen-bond donors (Lipinski definition) is 1. The van der Waals surface area contributed by atoms with Crippen LogP contribution in [-0.4, -0.2) is 41.5 Å². The summed E-state index contributed by atoms with van der Waals surface area (Å²) >= 11 is 0. The molecule has 1 aliphatic rings. The van der Waals surface area contributed by atoms with Crippen molar-refractivity contribution in [2.75, 3.05) is 19.0 Å². The van der Waals surface area contributed by atoms with Crippen molar-refractivity contribution in [1.29, 1.82) is 0 Å².